The summed E-state index contributed by atoms with van der Waals surface area (Å²) in [5.74, 6) is 0.784. The van der Waals surface area contributed by atoms with Gasteiger partial charge in [0.2, 0.25) is 5.91 Å². The Balaban J connectivity index is 0.00000200. The number of hydrogen-bond donors (Lipinski definition) is 1. The molecule has 2 atom stereocenters. The number of hydrogen-bond acceptors (Lipinski definition) is 2. The van der Waals surface area contributed by atoms with Crippen molar-refractivity contribution in [1.29, 1.82) is 0 Å². The van der Waals surface area contributed by atoms with E-state index in [4.69, 9.17) is 5.73 Å². The molecule has 1 fully saturated rings. The van der Waals surface area contributed by atoms with Crippen LogP contribution in [0.5, 0.6) is 0 Å². The van der Waals surface area contributed by atoms with E-state index in [1.165, 1.54) is 12.0 Å². The van der Waals surface area contributed by atoms with Crippen LogP contribution in [0.25, 0.3) is 0 Å². The standard InChI is InChI=1S/C16H24N2O.ClH/c1-12-4-3-10-18(11-9-12)16(19)15(17)14-7-5-13(2)6-8-14;/h5-8,12,15H,3-4,9-11,17H2,1-2H3;1H. The SMILES string of the molecule is Cc1ccc(C(N)C(=O)N2CCCC(C)CC2)cc1.Cl. The second kappa shape index (κ2) is 7.65. The normalized spacial score (nSPS) is 20.8. The molecule has 1 aromatic carbocycles. The van der Waals surface area contributed by atoms with Gasteiger partial charge >= 0.3 is 0 Å². The van der Waals surface area contributed by atoms with Gasteiger partial charge in [-0.1, -0.05) is 36.8 Å². The van der Waals surface area contributed by atoms with Crippen LogP contribution in [0.2, 0.25) is 0 Å². The van der Waals surface area contributed by atoms with Crippen molar-refractivity contribution in [2.45, 2.75) is 39.2 Å². The molecule has 2 N–H and O–H groups in total. The summed E-state index contributed by atoms with van der Waals surface area (Å²) in [5.41, 5.74) is 8.21. The van der Waals surface area contributed by atoms with Gasteiger partial charge in [0, 0.05) is 13.1 Å². The number of carbonyl (C=O) groups excluding carboxylic acids is 1. The zero-order chi connectivity index (χ0) is 13.8. The maximum atomic E-state index is 12.4. The van der Waals surface area contributed by atoms with Gasteiger partial charge in [-0.2, -0.15) is 0 Å². The number of nitrogens with zero attached hydrogens (tertiary/aromatic N) is 1. The topological polar surface area (TPSA) is 46.3 Å². The molecule has 20 heavy (non-hydrogen) atoms. The third kappa shape index (κ3) is 4.22. The van der Waals surface area contributed by atoms with E-state index < -0.39 is 6.04 Å². The van der Waals surface area contributed by atoms with E-state index in [1.807, 2.05) is 36.1 Å². The first-order valence-electron chi connectivity index (χ1n) is 7.19. The molecule has 1 aliphatic rings. The lowest BCUT2D eigenvalue weighted by molar-refractivity contribution is -0.132. The van der Waals surface area contributed by atoms with Gasteiger partial charge in [-0.05, 0) is 37.7 Å². The monoisotopic (exact) mass is 296 g/mol. The molecule has 3 nitrogen and oxygen atoms in total. The van der Waals surface area contributed by atoms with Crippen molar-refractivity contribution in [1.82, 2.24) is 4.90 Å². The van der Waals surface area contributed by atoms with Crippen LogP contribution in [0.15, 0.2) is 24.3 Å². The number of rotatable bonds is 2. The largest absolute Gasteiger partial charge is 0.341 e. The number of halogens is 1. The molecule has 2 unspecified atom stereocenters. The van der Waals surface area contributed by atoms with E-state index in [-0.39, 0.29) is 18.3 Å². The lowest BCUT2D eigenvalue weighted by Gasteiger charge is -2.24. The van der Waals surface area contributed by atoms with Crippen LogP contribution in [-0.4, -0.2) is 23.9 Å². The van der Waals surface area contributed by atoms with Gasteiger partial charge in [0.05, 0.1) is 0 Å². The number of carbonyl (C=O) groups is 1. The second-order valence-electron chi connectivity index (χ2n) is 5.75. The zero-order valence-corrected chi connectivity index (χ0v) is 13.2. The van der Waals surface area contributed by atoms with Crippen LogP contribution >= 0.6 is 12.4 Å². The predicted molar refractivity (Wildman–Crippen MR) is 85.0 cm³/mol. The molecular formula is C16H25ClN2O. The average Bonchev–Trinajstić information content (AvgIpc) is 2.63. The maximum Gasteiger partial charge on any atom is 0.244 e. The Labute approximate surface area is 127 Å². The van der Waals surface area contributed by atoms with Crippen LogP contribution in [0.1, 0.15) is 43.4 Å². The van der Waals surface area contributed by atoms with Crippen LogP contribution in [0, 0.1) is 12.8 Å². The third-order valence-corrected chi connectivity index (χ3v) is 4.03. The van der Waals surface area contributed by atoms with Crippen molar-refractivity contribution in [3.63, 3.8) is 0 Å². The molecular weight excluding hydrogens is 272 g/mol. The van der Waals surface area contributed by atoms with Crippen LogP contribution in [0.4, 0.5) is 0 Å². The molecule has 0 bridgehead atoms. The van der Waals surface area contributed by atoms with E-state index in [9.17, 15) is 4.79 Å². The Morgan fingerprint density at radius 1 is 1.25 bits per heavy atom. The van der Waals surface area contributed by atoms with Gasteiger partial charge in [-0.3, -0.25) is 4.79 Å². The number of likely N-dealkylation sites (tertiary alicyclic amines) is 1. The first-order valence-corrected chi connectivity index (χ1v) is 7.19. The van der Waals surface area contributed by atoms with E-state index in [1.54, 1.807) is 0 Å². The van der Waals surface area contributed by atoms with Crippen LogP contribution in [-0.2, 0) is 4.79 Å². The Morgan fingerprint density at radius 2 is 1.90 bits per heavy atom. The Morgan fingerprint density at radius 3 is 2.55 bits per heavy atom. The number of nitrogens with two attached hydrogens (primary N) is 1. The van der Waals surface area contributed by atoms with Crippen LogP contribution in [0.3, 0.4) is 0 Å². The summed E-state index contributed by atoms with van der Waals surface area (Å²) < 4.78 is 0. The van der Waals surface area contributed by atoms with Crippen molar-refractivity contribution in [3.05, 3.63) is 35.4 Å². The van der Waals surface area contributed by atoms with Crippen molar-refractivity contribution in [3.8, 4) is 0 Å². The van der Waals surface area contributed by atoms with Gasteiger partial charge in [0.15, 0.2) is 0 Å². The molecule has 112 valence electrons. The highest BCUT2D eigenvalue weighted by Gasteiger charge is 2.24. The van der Waals surface area contributed by atoms with Gasteiger partial charge in [0.1, 0.15) is 6.04 Å². The molecule has 2 rings (SSSR count). The lowest BCUT2D eigenvalue weighted by Crippen LogP contribution is -2.39. The van der Waals surface area contributed by atoms with Gasteiger partial charge in [-0.15, -0.1) is 12.4 Å². The summed E-state index contributed by atoms with van der Waals surface area (Å²) in [4.78, 5) is 14.4. The first kappa shape index (κ1) is 17.0. The molecule has 1 heterocycles. The molecule has 1 saturated heterocycles. The summed E-state index contributed by atoms with van der Waals surface area (Å²) in [6, 6.07) is 7.41. The van der Waals surface area contributed by atoms with E-state index in [0.29, 0.717) is 5.92 Å². The fraction of sp³-hybridized carbons (Fsp3) is 0.562. The van der Waals surface area contributed by atoms with E-state index in [0.717, 1.165) is 31.5 Å². The van der Waals surface area contributed by atoms with E-state index in [2.05, 4.69) is 6.92 Å². The molecule has 1 amide bonds. The number of amides is 1. The highest BCUT2D eigenvalue weighted by Crippen LogP contribution is 2.20. The molecule has 4 heteroatoms. The second-order valence-corrected chi connectivity index (χ2v) is 5.75. The summed E-state index contributed by atoms with van der Waals surface area (Å²) in [5, 5.41) is 0. The fourth-order valence-electron chi connectivity index (χ4n) is 2.60. The lowest BCUT2D eigenvalue weighted by atomic mass is 10.0. The zero-order valence-electron chi connectivity index (χ0n) is 12.3. The Bertz CT molecular complexity index is 433. The number of aryl methyl sites for hydroxylation is 1. The average molecular weight is 297 g/mol. The predicted octanol–water partition coefficient (Wildman–Crippen LogP) is 3.07. The van der Waals surface area contributed by atoms with Crippen molar-refractivity contribution >= 4 is 18.3 Å². The van der Waals surface area contributed by atoms with Gasteiger partial charge < -0.3 is 10.6 Å². The minimum Gasteiger partial charge on any atom is -0.341 e. The molecule has 0 spiro atoms. The third-order valence-electron chi connectivity index (χ3n) is 4.03. The van der Waals surface area contributed by atoms with Crippen molar-refractivity contribution in [2.24, 2.45) is 11.7 Å². The molecule has 0 saturated carbocycles. The first-order chi connectivity index (χ1) is 9.08. The highest BCUT2D eigenvalue weighted by atomic mass is 35.5. The quantitative estimate of drug-likeness (QED) is 0.912. The minimum absolute atomic E-state index is 0. The molecule has 1 aliphatic heterocycles. The summed E-state index contributed by atoms with van der Waals surface area (Å²) in [6.45, 7) is 5.99. The van der Waals surface area contributed by atoms with E-state index >= 15 is 0 Å². The summed E-state index contributed by atoms with van der Waals surface area (Å²) >= 11 is 0. The molecule has 0 radical (unpaired) electrons. The molecule has 0 aliphatic carbocycles. The van der Waals surface area contributed by atoms with Crippen LogP contribution < -0.4 is 5.73 Å². The fourth-order valence-corrected chi connectivity index (χ4v) is 2.60. The smallest absolute Gasteiger partial charge is 0.244 e. The minimum atomic E-state index is -0.519. The maximum absolute atomic E-state index is 12.4. The van der Waals surface area contributed by atoms with Gasteiger partial charge in [0.25, 0.3) is 0 Å². The Hall–Kier alpha value is -1.06. The van der Waals surface area contributed by atoms with Crippen molar-refractivity contribution < 1.29 is 4.79 Å². The highest BCUT2D eigenvalue weighted by molar-refractivity contribution is 5.85. The molecule has 1 aromatic rings. The summed E-state index contributed by atoms with van der Waals surface area (Å²) in [7, 11) is 0. The molecule has 0 aromatic heterocycles. The van der Waals surface area contributed by atoms with Crippen molar-refractivity contribution in [2.75, 3.05) is 13.1 Å². The summed E-state index contributed by atoms with van der Waals surface area (Å²) in [6.07, 6.45) is 3.39. The Kier molecular flexibility index (Phi) is 6.50. The number of benzene rings is 1. The van der Waals surface area contributed by atoms with Gasteiger partial charge in [-0.25, -0.2) is 0 Å².